The first-order chi connectivity index (χ1) is 17.3. The molecule has 0 aliphatic rings. The summed E-state index contributed by atoms with van der Waals surface area (Å²) in [7, 11) is 0. The number of benzene rings is 3. The Kier molecular flexibility index (Phi) is 10.1. The summed E-state index contributed by atoms with van der Waals surface area (Å²) in [5, 5.41) is 3.00. The van der Waals surface area contributed by atoms with E-state index in [1.165, 1.54) is 0 Å². The zero-order valence-corrected chi connectivity index (χ0v) is 23.1. The predicted molar refractivity (Wildman–Crippen MR) is 148 cm³/mol. The van der Waals surface area contributed by atoms with E-state index in [4.69, 9.17) is 4.74 Å². The first-order valence-corrected chi connectivity index (χ1v) is 13.1. The lowest BCUT2D eigenvalue weighted by Gasteiger charge is -2.31. The second-order valence-electron chi connectivity index (χ2n) is 9.16. The standard InChI is InChI=1S/C30H35BrN2O3/c1-5-15-32-30(35)27(18-24-9-7-6-8-10-24)33(19-25-13-11-21(2)12-14-25)28(34)20-36-26-16-22(3)29(31)23(4)17-26/h6-14,16-17,27H,5,15,18-20H2,1-4H3,(H,32,35). The van der Waals surface area contributed by atoms with Gasteiger partial charge in [0, 0.05) is 24.0 Å². The van der Waals surface area contributed by atoms with Crippen molar-refractivity contribution in [2.24, 2.45) is 0 Å². The van der Waals surface area contributed by atoms with Crippen LogP contribution in [0.1, 0.15) is 41.2 Å². The highest BCUT2D eigenvalue weighted by molar-refractivity contribution is 9.10. The molecule has 190 valence electrons. The zero-order chi connectivity index (χ0) is 26.1. The summed E-state index contributed by atoms with van der Waals surface area (Å²) in [6.45, 7) is 8.74. The van der Waals surface area contributed by atoms with E-state index in [1.807, 2.05) is 94.4 Å². The maximum Gasteiger partial charge on any atom is 0.261 e. The normalized spacial score (nSPS) is 11.6. The molecule has 1 unspecified atom stereocenters. The molecule has 0 aliphatic heterocycles. The van der Waals surface area contributed by atoms with Crippen molar-refractivity contribution in [2.45, 2.75) is 53.1 Å². The van der Waals surface area contributed by atoms with Gasteiger partial charge in [-0.25, -0.2) is 0 Å². The third-order valence-corrected chi connectivity index (χ3v) is 7.32. The van der Waals surface area contributed by atoms with E-state index in [0.29, 0.717) is 25.3 Å². The molecular formula is C30H35BrN2O3. The van der Waals surface area contributed by atoms with Crippen LogP contribution in [-0.4, -0.2) is 35.9 Å². The van der Waals surface area contributed by atoms with Gasteiger partial charge < -0.3 is 15.0 Å². The Labute approximate surface area is 223 Å². The Hall–Kier alpha value is -3.12. The molecule has 1 atom stereocenters. The number of hydrogen-bond donors (Lipinski definition) is 1. The number of halogens is 1. The molecular weight excluding hydrogens is 516 g/mol. The van der Waals surface area contributed by atoms with Gasteiger partial charge in [-0.05, 0) is 61.6 Å². The number of rotatable bonds is 11. The van der Waals surface area contributed by atoms with Crippen LogP contribution in [-0.2, 0) is 22.6 Å². The van der Waals surface area contributed by atoms with Gasteiger partial charge >= 0.3 is 0 Å². The molecule has 0 aromatic heterocycles. The van der Waals surface area contributed by atoms with Crippen molar-refractivity contribution in [1.82, 2.24) is 10.2 Å². The minimum absolute atomic E-state index is 0.154. The van der Waals surface area contributed by atoms with Crippen LogP contribution in [0.5, 0.6) is 5.75 Å². The molecule has 2 amide bonds. The van der Waals surface area contributed by atoms with E-state index < -0.39 is 6.04 Å². The number of amides is 2. The van der Waals surface area contributed by atoms with E-state index in [-0.39, 0.29) is 18.4 Å². The van der Waals surface area contributed by atoms with Crippen LogP contribution in [0.2, 0.25) is 0 Å². The average Bonchev–Trinajstić information content (AvgIpc) is 2.88. The van der Waals surface area contributed by atoms with Crippen molar-refractivity contribution in [2.75, 3.05) is 13.2 Å². The molecule has 6 heteroatoms. The second kappa shape index (κ2) is 13.3. The highest BCUT2D eigenvalue weighted by atomic mass is 79.9. The van der Waals surface area contributed by atoms with Crippen LogP contribution >= 0.6 is 15.9 Å². The Morgan fingerprint density at radius 2 is 1.58 bits per heavy atom. The van der Waals surface area contributed by atoms with Crippen LogP contribution in [0.3, 0.4) is 0 Å². The monoisotopic (exact) mass is 550 g/mol. The van der Waals surface area contributed by atoms with Crippen molar-refractivity contribution in [3.63, 3.8) is 0 Å². The van der Waals surface area contributed by atoms with Crippen molar-refractivity contribution < 1.29 is 14.3 Å². The maximum atomic E-state index is 13.6. The Balaban J connectivity index is 1.90. The summed E-state index contributed by atoms with van der Waals surface area (Å²) in [6.07, 6.45) is 1.24. The molecule has 3 aromatic carbocycles. The maximum absolute atomic E-state index is 13.6. The minimum Gasteiger partial charge on any atom is -0.484 e. The van der Waals surface area contributed by atoms with Gasteiger partial charge in [-0.3, -0.25) is 9.59 Å². The molecule has 0 radical (unpaired) electrons. The van der Waals surface area contributed by atoms with Gasteiger partial charge in [-0.1, -0.05) is 83.0 Å². The topological polar surface area (TPSA) is 58.6 Å². The number of aryl methyl sites for hydroxylation is 3. The molecule has 1 N–H and O–H groups in total. The van der Waals surface area contributed by atoms with Crippen LogP contribution in [0, 0.1) is 20.8 Å². The zero-order valence-electron chi connectivity index (χ0n) is 21.5. The quantitative estimate of drug-likeness (QED) is 0.322. The third kappa shape index (κ3) is 7.69. The number of carbonyl (C=O) groups excluding carboxylic acids is 2. The summed E-state index contributed by atoms with van der Waals surface area (Å²) < 4.78 is 6.97. The van der Waals surface area contributed by atoms with E-state index in [1.54, 1.807) is 4.90 Å². The molecule has 36 heavy (non-hydrogen) atoms. The van der Waals surface area contributed by atoms with E-state index in [0.717, 1.165) is 38.7 Å². The van der Waals surface area contributed by atoms with Crippen LogP contribution in [0.4, 0.5) is 0 Å². The molecule has 0 fully saturated rings. The highest BCUT2D eigenvalue weighted by Crippen LogP contribution is 2.26. The Morgan fingerprint density at radius 3 is 2.19 bits per heavy atom. The summed E-state index contributed by atoms with van der Waals surface area (Å²) >= 11 is 3.57. The molecule has 0 saturated carbocycles. The lowest BCUT2D eigenvalue weighted by Crippen LogP contribution is -2.51. The Morgan fingerprint density at radius 1 is 0.944 bits per heavy atom. The SMILES string of the molecule is CCCNC(=O)C(Cc1ccccc1)N(Cc1ccc(C)cc1)C(=O)COc1cc(C)c(Br)c(C)c1. The van der Waals surface area contributed by atoms with Crippen molar-refractivity contribution >= 4 is 27.7 Å². The number of nitrogens with one attached hydrogen (secondary N) is 1. The van der Waals surface area contributed by atoms with Gasteiger partial charge in [0.05, 0.1) is 0 Å². The predicted octanol–water partition coefficient (Wildman–Crippen LogP) is 5.92. The fourth-order valence-electron chi connectivity index (χ4n) is 4.03. The molecule has 0 heterocycles. The molecule has 0 bridgehead atoms. The van der Waals surface area contributed by atoms with E-state index in [9.17, 15) is 9.59 Å². The fourth-order valence-corrected chi connectivity index (χ4v) is 4.26. The van der Waals surface area contributed by atoms with Crippen molar-refractivity contribution in [1.29, 1.82) is 0 Å². The van der Waals surface area contributed by atoms with Crippen LogP contribution < -0.4 is 10.1 Å². The summed E-state index contributed by atoms with van der Waals surface area (Å²) in [4.78, 5) is 28.6. The van der Waals surface area contributed by atoms with Gasteiger partial charge in [0.2, 0.25) is 5.91 Å². The summed E-state index contributed by atoms with van der Waals surface area (Å²) in [5.41, 5.74) is 5.17. The first kappa shape index (κ1) is 27.5. The molecule has 0 aliphatic carbocycles. The smallest absolute Gasteiger partial charge is 0.261 e. The van der Waals surface area contributed by atoms with E-state index >= 15 is 0 Å². The number of carbonyl (C=O) groups is 2. The van der Waals surface area contributed by atoms with Crippen molar-refractivity contribution in [3.05, 3.63) is 99.0 Å². The van der Waals surface area contributed by atoms with Gasteiger partial charge in [0.15, 0.2) is 6.61 Å². The molecule has 3 aromatic rings. The number of hydrogen-bond acceptors (Lipinski definition) is 3. The van der Waals surface area contributed by atoms with Crippen molar-refractivity contribution in [3.8, 4) is 5.75 Å². The van der Waals surface area contributed by atoms with Gasteiger partial charge in [-0.15, -0.1) is 0 Å². The molecule has 5 nitrogen and oxygen atoms in total. The molecule has 3 rings (SSSR count). The first-order valence-electron chi connectivity index (χ1n) is 12.3. The Bertz CT molecular complexity index is 1140. The lowest BCUT2D eigenvalue weighted by atomic mass is 10.0. The molecule has 0 spiro atoms. The fraction of sp³-hybridized carbons (Fsp3) is 0.333. The summed E-state index contributed by atoms with van der Waals surface area (Å²) in [6, 6.07) is 21.0. The van der Waals surface area contributed by atoms with Gasteiger partial charge in [0.1, 0.15) is 11.8 Å². The summed E-state index contributed by atoms with van der Waals surface area (Å²) in [5.74, 6) is 0.241. The number of nitrogens with zero attached hydrogens (tertiary/aromatic N) is 1. The molecule has 0 saturated heterocycles. The second-order valence-corrected chi connectivity index (χ2v) is 9.96. The minimum atomic E-state index is -0.662. The third-order valence-electron chi connectivity index (χ3n) is 6.07. The van der Waals surface area contributed by atoms with E-state index in [2.05, 4.69) is 21.2 Å². The van der Waals surface area contributed by atoms with Crippen LogP contribution in [0.25, 0.3) is 0 Å². The van der Waals surface area contributed by atoms with Crippen LogP contribution in [0.15, 0.2) is 71.2 Å². The largest absolute Gasteiger partial charge is 0.484 e. The van der Waals surface area contributed by atoms with Gasteiger partial charge in [0.25, 0.3) is 5.91 Å². The average molecular weight is 552 g/mol. The highest BCUT2D eigenvalue weighted by Gasteiger charge is 2.30. The van der Waals surface area contributed by atoms with Gasteiger partial charge in [-0.2, -0.15) is 0 Å². The lowest BCUT2D eigenvalue weighted by molar-refractivity contribution is -0.142. The number of ether oxygens (including phenoxy) is 1.